The van der Waals surface area contributed by atoms with Crippen molar-refractivity contribution in [3.05, 3.63) is 70.8 Å². The lowest BCUT2D eigenvalue weighted by Gasteiger charge is -2.26. The third kappa shape index (κ3) is 2.92. The predicted molar refractivity (Wildman–Crippen MR) is 113 cm³/mol. The summed E-state index contributed by atoms with van der Waals surface area (Å²) >= 11 is 0. The van der Waals surface area contributed by atoms with Crippen LogP contribution in [0.2, 0.25) is 0 Å². The average molecular weight is 386 g/mol. The molecular weight excluding hydrogens is 364 g/mol. The van der Waals surface area contributed by atoms with E-state index in [0.717, 1.165) is 48.1 Å². The minimum absolute atomic E-state index is 0.0297. The topological polar surface area (TPSA) is 59.6 Å². The fourth-order valence-corrected chi connectivity index (χ4v) is 4.16. The molecule has 0 saturated carbocycles. The number of piperidine rings is 1. The maximum atomic E-state index is 13.0. The Balaban J connectivity index is 1.62. The van der Waals surface area contributed by atoms with E-state index >= 15 is 0 Å². The van der Waals surface area contributed by atoms with Crippen LogP contribution in [0.3, 0.4) is 0 Å². The molecule has 0 N–H and O–H groups in total. The molecule has 0 radical (unpaired) electrons. The number of aromatic nitrogens is 3. The van der Waals surface area contributed by atoms with E-state index in [1.165, 1.54) is 6.42 Å². The van der Waals surface area contributed by atoms with E-state index in [1.54, 1.807) is 28.5 Å². The van der Waals surface area contributed by atoms with Gasteiger partial charge in [0, 0.05) is 37.3 Å². The first-order valence-electron chi connectivity index (χ1n) is 9.99. The summed E-state index contributed by atoms with van der Waals surface area (Å²) in [4.78, 5) is 27.5. The number of fused-ring (bicyclic) bond motifs is 2. The van der Waals surface area contributed by atoms with Gasteiger partial charge in [-0.15, -0.1) is 0 Å². The molecule has 1 fully saturated rings. The van der Waals surface area contributed by atoms with Crippen LogP contribution < -0.4 is 5.56 Å². The standard InChI is InChI=1S/C23H22N4O2/c1-25-13-10-16-8-9-17(14-18(16)22(25)28)20-6-5-7-21-19(15-24-27(20)21)23(29)26-11-3-2-4-12-26/h5-10,13-15H,2-4,11-12H2,1H3. The fraction of sp³-hybridized carbons (Fsp3) is 0.261. The lowest BCUT2D eigenvalue weighted by atomic mass is 10.1. The van der Waals surface area contributed by atoms with E-state index in [2.05, 4.69) is 5.10 Å². The average Bonchev–Trinajstić information content (AvgIpc) is 3.20. The van der Waals surface area contributed by atoms with Crippen molar-refractivity contribution in [3.8, 4) is 11.3 Å². The van der Waals surface area contributed by atoms with Gasteiger partial charge in [0.05, 0.1) is 23.0 Å². The van der Waals surface area contributed by atoms with Crippen LogP contribution in [0.5, 0.6) is 0 Å². The highest BCUT2D eigenvalue weighted by molar-refractivity contribution is 6.01. The van der Waals surface area contributed by atoms with Gasteiger partial charge in [0.15, 0.2) is 0 Å². The Morgan fingerprint density at radius 2 is 1.86 bits per heavy atom. The van der Waals surface area contributed by atoms with Crippen LogP contribution >= 0.6 is 0 Å². The molecule has 0 aliphatic carbocycles. The second-order valence-electron chi connectivity index (χ2n) is 7.65. The van der Waals surface area contributed by atoms with Crippen molar-refractivity contribution in [2.75, 3.05) is 13.1 Å². The number of rotatable bonds is 2. The number of benzene rings is 1. The quantitative estimate of drug-likeness (QED) is 0.530. The zero-order chi connectivity index (χ0) is 20.0. The summed E-state index contributed by atoms with van der Waals surface area (Å²) in [6.45, 7) is 1.62. The number of hydrogen-bond acceptors (Lipinski definition) is 3. The van der Waals surface area contributed by atoms with Gasteiger partial charge < -0.3 is 9.47 Å². The van der Waals surface area contributed by atoms with Gasteiger partial charge in [0.1, 0.15) is 0 Å². The molecule has 1 aromatic carbocycles. The van der Waals surface area contributed by atoms with Crippen LogP contribution in [-0.4, -0.2) is 38.1 Å². The molecule has 1 aliphatic rings. The number of aryl methyl sites for hydroxylation is 1. The molecule has 29 heavy (non-hydrogen) atoms. The van der Waals surface area contributed by atoms with Crippen LogP contribution in [-0.2, 0) is 7.05 Å². The summed E-state index contributed by atoms with van der Waals surface area (Å²) < 4.78 is 3.38. The van der Waals surface area contributed by atoms with Crippen LogP contribution in [0.1, 0.15) is 29.6 Å². The Hall–Kier alpha value is -3.41. The molecule has 0 bridgehead atoms. The summed E-state index contributed by atoms with van der Waals surface area (Å²) in [5, 5.41) is 6.09. The molecule has 3 aromatic heterocycles. The fourth-order valence-electron chi connectivity index (χ4n) is 4.16. The lowest BCUT2D eigenvalue weighted by Crippen LogP contribution is -2.35. The highest BCUT2D eigenvalue weighted by Gasteiger charge is 2.22. The van der Waals surface area contributed by atoms with Gasteiger partial charge in [-0.05, 0) is 48.9 Å². The largest absolute Gasteiger partial charge is 0.339 e. The maximum Gasteiger partial charge on any atom is 0.258 e. The molecule has 0 atom stereocenters. The first-order valence-corrected chi connectivity index (χ1v) is 9.99. The molecule has 1 aliphatic heterocycles. The SMILES string of the molecule is Cn1ccc2ccc(-c3cccc4c(C(=O)N5CCCCC5)cnn34)cc2c1=O. The second kappa shape index (κ2) is 6.88. The minimum Gasteiger partial charge on any atom is -0.339 e. The number of hydrogen-bond donors (Lipinski definition) is 0. The monoisotopic (exact) mass is 386 g/mol. The first-order chi connectivity index (χ1) is 14.1. The van der Waals surface area contributed by atoms with Crippen LogP contribution in [0.25, 0.3) is 27.5 Å². The van der Waals surface area contributed by atoms with Crippen molar-refractivity contribution >= 4 is 22.2 Å². The summed E-state index contributed by atoms with van der Waals surface area (Å²) in [5.41, 5.74) is 3.14. The van der Waals surface area contributed by atoms with Crippen molar-refractivity contribution in [1.82, 2.24) is 19.1 Å². The summed E-state index contributed by atoms with van der Waals surface area (Å²) in [7, 11) is 1.75. The van der Waals surface area contributed by atoms with Crippen molar-refractivity contribution in [2.24, 2.45) is 7.05 Å². The molecule has 1 amide bonds. The van der Waals surface area contributed by atoms with Gasteiger partial charge in [-0.3, -0.25) is 9.59 Å². The van der Waals surface area contributed by atoms with E-state index in [4.69, 9.17) is 0 Å². The number of pyridine rings is 2. The highest BCUT2D eigenvalue weighted by atomic mass is 16.2. The van der Waals surface area contributed by atoms with Gasteiger partial charge in [-0.1, -0.05) is 18.2 Å². The molecule has 6 heteroatoms. The number of nitrogens with zero attached hydrogens (tertiary/aromatic N) is 4. The van der Waals surface area contributed by atoms with Crippen LogP contribution in [0, 0.1) is 0 Å². The number of amides is 1. The van der Waals surface area contributed by atoms with Gasteiger partial charge in [0.25, 0.3) is 11.5 Å². The Labute approximate surface area is 168 Å². The van der Waals surface area contributed by atoms with Gasteiger partial charge in [0.2, 0.25) is 0 Å². The van der Waals surface area contributed by atoms with Gasteiger partial charge in [-0.25, -0.2) is 4.52 Å². The molecule has 4 heterocycles. The Morgan fingerprint density at radius 3 is 2.69 bits per heavy atom. The normalized spacial score (nSPS) is 14.6. The van der Waals surface area contributed by atoms with Crippen molar-refractivity contribution in [3.63, 3.8) is 0 Å². The zero-order valence-electron chi connectivity index (χ0n) is 16.3. The van der Waals surface area contributed by atoms with Crippen molar-refractivity contribution in [1.29, 1.82) is 0 Å². The number of carbonyl (C=O) groups excluding carboxylic acids is 1. The molecular formula is C23H22N4O2. The number of likely N-dealkylation sites (tertiary alicyclic amines) is 1. The van der Waals surface area contributed by atoms with Crippen molar-refractivity contribution < 1.29 is 4.79 Å². The van der Waals surface area contributed by atoms with Gasteiger partial charge >= 0.3 is 0 Å². The molecule has 0 unspecified atom stereocenters. The smallest absolute Gasteiger partial charge is 0.258 e. The van der Waals surface area contributed by atoms with E-state index in [1.807, 2.05) is 47.4 Å². The molecule has 4 aromatic rings. The summed E-state index contributed by atoms with van der Waals surface area (Å²) in [6.07, 6.45) is 6.74. The Kier molecular flexibility index (Phi) is 4.19. The molecule has 1 saturated heterocycles. The Bertz CT molecular complexity index is 1300. The van der Waals surface area contributed by atoms with Gasteiger partial charge in [-0.2, -0.15) is 5.10 Å². The van der Waals surface area contributed by atoms with E-state index in [9.17, 15) is 9.59 Å². The zero-order valence-corrected chi connectivity index (χ0v) is 16.3. The van der Waals surface area contributed by atoms with E-state index in [-0.39, 0.29) is 11.5 Å². The maximum absolute atomic E-state index is 13.0. The minimum atomic E-state index is -0.0297. The third-order valence-corrected chi connectivity index (χ3v) is 5.79. The van der Waals surface area contributed by atoms with Crippen LogP contribution in [0.4, 0.5) is 0 Å². The van der Waals surface area contributed by atoms with Crippen molar-refractivity contribution in [2.45, 2.75) is 19.3 Å². The summed E-state index contributed by atoms with van der Waals surface area (Å²) in [6, 6.07) is 13.6. The lowest BCUT2D eigenvalue weighted by molar-refractivity contribution is 0.0726. The summed E-state index contributed by atoms with van der Waals surface area (Å²) in [5.74, 6) is 0.0456. The van der Waals surface area contributed by atoms with E-state index in [0.29, 0.717) is 10.9 Å². The highest BCUT2D eigenvalue weighted by Crippen LogP contribution is 2.26. The predicted octanol–water partition coefficient (Wildman–Crippen LogP) is 3.48. The Morgan fingerprint density at radius 1 is 1.03 bits per heavy atom. The molecule has 6 nitrogen and oxygen atoms in total. The number of carbonyl (C=O) groups is 1. The van der Waals surface area contributed by atoms with E-state index < -0.39 is 0 Å². The molecule has 146 valence electrons. The molecule has 5 rings (SSSR count). The molecule has 0 spiro atoms. The second-order valence-corrected chi connectivity index (χ2v) is 7.65. The third-order valence-electron chi connectivity index (χ3n) is 5.79. The first kappa shape index (κ1) is 17.7. The van der Waals surface area contributed by atoms with Crippen LogP contribution in [0.15, 0.2) is 59.7 Å².